The first kappa shape index (κ1) is 20.7. The van der Waals surface area contributed by atoms with Crippen molar-refractivity contribution in [2.75, 3.05) is 12.3 Å². The molecule has 162 valence electrons. The van der Waals surface area contributed by atoms with Gasteiger partial charge in [-0.25, -0.2) is 10.2 Å². The zero-order chi connectivity index (χ0) is 22.5. The molecule has 13 nitrogen and oxygen atoms in total. The van der Waals surface area contributed by atoms with Crippen LogP contribution in [0.15, 0.2) is 51.5 Å². The molecular formula is C18H15N8O5S+. The van der Waals surface area contributed by atoms with Crippen molar-refractivity contribution in [2.24, 2.45) is 5.10 Å². The van der Waals surface area contributed by atoms with E-state index in [9.17, 15) is 9.59 Å². The molecule has 4 aromatic rings. The van der Waals surface area contributed by atoms with Crippen molar-refractivity contribution in [1.29, 1.82) is 0 Å². The van der Waals surface area contributed by atoms with Gasteiger partial charge in [0.05, 0.1) is 11.1 Å². The summed E-state index contributed by atoms with van der Waals surface area (Å²) in [6, 6.07) is 10.1. The van der Waals surface area contributed by atoms with Gasteiger partial charge in [-0.3, -0.25) is 4.79 Å². The molecule has 32 heavy (non-hydrogen) atoms. The zero-order valence-electron chi connectivity index (χ0n) is 16.1. The highest BCUT2D eigenvalue weighted by Gasteiger charge is 2.31. The number of aromatic amines is 1. The van der Waals surface area contributed by atoms with Gasteiger partial charge in [0.25, 0.3) is 11.5 Å². The number of rotatable bonds is 8. The molecule has 0 bridgehead atoms. The number of carbonyl (C=O) groups is 2. The van der Waals surface area contributed by atoms with Gasteiger partial charge in [-0.05, 0) is 51.5 Å². The highest BCUT2D eigenvalue weighted by Crippen LogP contribution is 2.25. The van der Waals surface area contributed by atoms with E-state index in [0.717, 1.165) is 4.88 Å². The smallest absolute Gasteiger partial charge is 0.377 e. The lowest BCUT2D eigenvalue weighted by Crippen LogP contribution is -2.36. The van der Waals surface area contributed by atoms with Crippen LogP contribution < -0.4 is 20.6 Å². The van der Waals surface area contributed by atoms with E-state index in [0.29, 0.717) is 17.0 Å². The molecule has 0 spiro atoms. The first-order valence-corrected chi connectivity index (χ1v) is 9.81. The van der Waals surface area contributed by atoms with E-state index in [4.69, 9.17) is 15.6 Å². The molecule has 0 unspecified atom stereocenters. The fourth-order valence-electron chi connectivity index (χ4n) is 2.62. The maximum absolute atomic E-state index is 12.7. The summed E-state index contributed by atoms with van der Waals surface area (Å²) >= 11 is 1.39. The van der Waals surface area contributed by atoms with E-state index in [1.54, 1.807) is 24.3 Å². The number of hydrogen-bond acceptors (Lipinski definition) is 10. The second kappa shape index (κ2) is 9.05. The molecule has 5 N–H and O–H groups in total. The van der Waals surface area contributed by atoms with E-state index in [-0.39, 0.29) is 17.3 Å². The molecule has 1 amide bonds. The highest BCUT2D eigenvalue weighted by atomic mass is 32.1. The Labute approximate surface area is 183 Å². The van der Waals surface area contributed by atoms with Gasteiger partial charge in [0.2, 0.25) is 0 Å². The van der Waals surface area contributed by atoms with Crippen LogP contribution in [0.4, 0.5) is 5.82 Å². The third kappa shape index (κ3) is 4.44. The van der Waals surface area contributed by atoms with Gasteiger partial charge < -0.3 is 15.6 Å². The summed E-state index contributed by atoms with van der Waals surface area (Å²) in [5.74, 6) is -1.05. The number of nitrogens with one attached hydrogen (secondary N) is 2. The van der Waals surface area contributed by atoms with Crippen molar-refractivity contribution in [3.8, 4) is 22.1 Å². The van der Waals surface area contributed by atoms with Crippen molar-refractivity contribution >= 4 is 35.2 Å². The van der Waals surface area contributed by atoms with Gasteiger partial charge >= 0.3 is 17.7 Å². The van der Waals surface area contributed by atoms with Crippen LogP contribution in [-0.2, 0) is 4.79 Å². The van der Waals surface area contributed by atoms with Gasteiger partial charge in [-0.2, -0.15) is 9.73 Å². The first-order chi connectivity index (χ1) is 15.5. The topological polar surface area (TPSA) is 185 Å². The number of aromatic nitrogens is 5. The summed E-state index contributed by atoms with van der Waals surface area (Å²) < 4.78 is 11.1. The molecule has 0 aliphatic rings. The van der Waals surface area contributed by atoms with Crippen LogP contribution in [0, 0.1) is 0 Å². The van der Waals surface area contributed by atoms with Crippen LogP contribution in [0.5, 0.6) is 5.75 Å². The Morgan fingerprint density at radius 2 is 2.12 bits per heavy atom. The van der Waals surface area contributed by atoms with E-state index in [1.165, 1.54) is 22.2 Å². The minimum Gasteiger partial charge on any atom is -0.482 e. The van der Waals surface area contributed by atoms with Crippen molar-refractivity contribution < 1.29 is 28.7 Å². The first-order valence-electron chi connectivity index (χ1n) is 8.93. The van der Waals surface area contributed by atoms with Crippen molar-refractivity contribution in [3.63, 3.8) is 0 Å². The van der Waals surface area contributed by atoms with Crippen molar-refractivity contribution in [3.05, 3.63) is 53.0 Å². The van der Waals surface area contributed by atoms with Crippen LogP contribution in [-0.4, -0.2) is 50.4 Å². The molecule has 3 heterocycles. The molecule has 1 aromatic carbocycles. The number of carboxylic acids is 1. The van der Waals surface area contributed by atoms with Crippen LogP contribution >= 0.6 is 11.3 Å². The average molecular weight is 455 g/mol. The molecule has 0 radical (unpaired) electrons. The van der Waals surface area contributed by atoms with Gasteiger partial charge in [-0.15, -0.1) is 21.2 Å². The van der Waals surface area contributed by atoms with E-state index in [1.807, 2.05) is 17.5 Å². The number of ether oxygens (including phenoxy) is 1. The quantitative estimate of drug-likeness (QED) is 0.168. The maximum Gasteiger partial charge on any atom is 0.377 e. The number of aliphatic carboxylic acids is 1. The number of hydrazone groups is 1. The Morgan fingerprint density at radius 1 is 1.31 bits per heavy atom. The third-order valence-electron chi connectivity index (χ3n) is 4.01. The number of amides is 1. The number of anilines is 1. The predicted octanol–water partition coefficient (Wildman–Crippen LogP) is 0.607. The Hall–Kier alpha value is -4.59. The van der Waals surface area contributed by atoms with Gasteiger partial charge in [0.15, 0.2) is 12.3 Å². The number of hydrogen-bond donors (Lipinski definition) is 4. The lowest BCUT2D eigenvalue weighted by molar-refractivity contribution is -0.652. The van der Waals surface area contributed by atoms with Crippen LogP contribution in [0.1, 0.15) is 16.1 Å². The monoisotopic (exact) mass is 455 g/mol. The largest absolute Gasteiger partial charge is 0.482 e. The van der Waals surface area contributed by atoms with E-state index >= 15 is 0 Å². The van der Waals surface area contributed by atoms with E-state index < -0.39 is 18.5 Å². The standard InChI is InChI=1S/C18H14N8O5S/c19-16-17(24-31-23-16)26-15(12-2-1-7-32-12)14(21-25-26)18(29)22-20-8-10-3-5-11(6-4-10)30-9-13(27)28/h1-8H,9H2,(H4,19,22,23,27,28,29)/p+1. The molecule has 3 aromatic heterocycles. The Bertz CT molecular complexity index is 1260. The summed E-state index contributed by atoms with van der Waals surface area (Å²) in [6.07, 6.45) is 1.42. The summed E-state index contributed by atoms with van der Waals surface area (Å²) in [5.41, 5.74) is 9.32. The number of H-pyrrole nitrogens is 1. The SMILES string of the molecule is Nc1nonc1-[n+]1[nH]nc(C(=O)NN=Cc2ccc(OCC(=O)O)cc2)c1-c1cccs1. The molecule has 0 saturated carbocycles. The van der Waals surface area contributed by atoms with Crippen LogP contribution in [0.2, 0.25) is 0 Å². The van der Waals surface area contributed by atoms with Crippen LogP contribution in [0.3, 0.4) is 0 Å². The molecule has 0 saturated heterocycles. The van der Waals surface area contributed by atoms with Crippen molar-refractivity contribution in [1.82, 2.24) is 26.1 Å². The number of carboxylic acid groups (broad SMARTS) is 1. The van der Waals surface area contributed by atoms with Gasteiger partial charge in [-0.1, -0.05) is 6.07 Å². The summed E-state index contributed by atoms with van der Waals surface area (Å²) in [4.78, 5) is 24.0. The molecule has 0 aliphatic heterocycles. The number of benzene rings is 1. The van der Waals surface area contributed by atoms with Gasteiger partial charge in [0.1, 0.15) is 10.9 Å². The third-order valence-corrected chi connectivity index (χ3v) is 4.89. The average Bonchev–Trinajstić information content (AvgIpc) is 3.53. The van der Waals surface area contributed by atoms with E-state index in [2.05, 4.69) is 35.8 Å². The number of nitrogens with two attached hydrogens (primary N) is 1. The predicted molar refractivity (Wildman–Crippen MR) is 110 cm³/mol. The number of nitrogen functional groups attached to an aromatic ring is 1. The normalized spacial score (nSPS) is 11.0. The molecular weight excluding hydrogens is 440 g/mol. The fraction of sp³-hybridized carbons (Fsp3) is 0.0556. The summed E-state index contributed by atoms with van der Waals surface area (Å²) in [7, 11) is 0. The second-order valence-electron chi connectivity index (χ2n) is 6.15. The number of nitrogens with zero attached hydrogens (tertiary/aromatic N) is 5. The summed E-state index contributed by atoms with van der Waals surface area (Å²) in [5, 5.41) is 28.5. The molecule has 14 heteroatoms. The second-order valence-corrected chi connectivity index (χ2v) is 7.09. The minimum atomic E-state index is -1.07. The highest BCUT2D eigenvalue weighted by molar-refractivity contribution is 7.13. The molecule has 4 rings (SSSR count). The Balaban J connectivity index is 1.51. The van der Waals surface area contributed by atoms with Crippen LogP contribution in [0.25, 0.3) is 16.4 Å². The minimum absolute atomic E-state index is 0.0252. The maximum atomic E-state index is 12.7. The Morgan fingerprint density at radius 3 is 2.78 bits per heavy atom. The molecule has 0 fully saturated rings. The fourth-order valence-corrected chi connectivity index (χ4v) is 3.38. The van der Waals surface area contributed by atoms with Crippen molar-refractivity contribution in [2.45, 2.75) is 0 Å². The van der Waals surface area contributed by atoms with Gasteiger partial charge in [0, 0.05) is 0 Å². The molecule has 0 aliphatic carbocycles. The lowest BCUT2D eigenvalue weighted by Gasteiger charge is -2.02. The zero-order valence-corrected chi connectivity index (χ0v) is 16.9. The number of carbonyl (C=O) groups excluding carboxylic acids is 1. The Kier molecular flexibility index (Phi) is 5.85. The summed E-state index contributed by atoms with van der Waals surface area (Å²) in [6.45, 7) is -0.435. The lowest BCUT2D eigenvalue weighted by atomic mass is 10.2. The molecule has 0 atom stereocenters. The number of thiophene rings is 1.